The minimum absolute atomic E-state index is 1.09. The number of para-hydroxylation sites is 1. The van der Waals surface area contributed by atoms with Gasteiger partial charge in [0.1, 0.15) is 0 Å². The molecule has 1 aromatic heterocycles. The molecule has 0 atom stereocenters. The van der Waals surface area contributed by atoms with Gasteiger partial charge < -0.3 is 4.98 Å². The van der Waals surface area contributed by atoms with Gasteiger partial charge in [0.05, 0.1) is 0 Å². The monoisotopic (exact) mass is 213 g/mol. The van der Waals surface area contributed by atoms with E-state index in [1.165, 1.54) is 35.0 Å². The van der Waals surface area contributed by atoms with E-state index in [-0.39, 0.29) is 0 Å². The van der Waals surface area contributed by atoms with Crippen molar-refractivity contribution in [2.24, 2.45) is 0 Å². The molecule has 16 heavy (non-hydrogen) atoms. The summed E-state index contributed by atoms with van der Waals surface area (Å²) in [5.41, 5.74) is 3.93. The number of hydrogen-bond acceptors (Lipinski definition) is 0. The molecule has 0 amide bonds. The normalized spacial score (nSPS) is 12.2. The summed E-state index contributed by atoms with van der Waals surface area (Å²) in [6.45, 7) is 4.43. The second kappa shape index (κ2) is 5.02. The molecule has 1 heteroatoms. The first-order chi connectivity index (χ1) is 7.85. The van der Waals surface area contributed by atoms with E-state index in [2.05, 4.69) is 55.2 Å². The van der Waals surface area contributed by atoms with Crippen molar-refractivity contribution in [2.45, 2.75) is 33.1 Å². The third-order valence-electron chi connectivity index (χ3n) is 2.94. The Kier molecular flexibility index (Phi) is 3.45. The molecular weight excluding hydrogens is 194 g/mol. The number of allylic oxidation sites excluding steroid dienone is 2. The summed E-state index contributed by atoms with van der Waals surface area (Å²) in [7, 11) is 0. The van der Waals surface area contributed by atoms with Crippen LogP contribution >= 0.6 is 0 Å². The fourth-order valence-corrected chi connectivity index (χ4v) is 2.01. The topological polar surface area (TPSA) is 15.8 Å². The van der Waals surface area contributed by atoms with Crippen LogP contribution < -0.4 is 0 Å². The molecule has 0 radical (unpaired) electrons. The van der Waals surface area contributed by atoms with Crippen molar-refractivity contribution < 1.29 is 0 Å². The van der Waals surface area contributed by atoms with Gasteiger partial charge in [-0.3, -0.25) is 0 Å². The largest absolute Gasteiger partial charge is 0.355 e. The first-order valence-corrected chi connectivity index (χ1v) is 6.12. The molecule has 0 saturated heterocycles. The molecule has 1 heterocycles. The number of nitrogens with one attached hydrogen (secondary N) is 1. The van der Waals surface area contributed by atoms with Gasteiger partial charge in [-0.1, -0.05) is 44.5 Å². The van der Waals surface area contributed by atoms with Gasteiger partial charge in [-0.05, 0) is 35.9 Å². The molecule has 1 N–H and O–H groups in total. The van der Waals surface area contributed by atoms with Gasteiger partial charge in [-0.2, -0.15) is 0 Å². The smallest absolute Gasteiger partial charge is 0.0458 e. The van der Waals surface area contributed by atoms with E-state index < -0.39 is 0 Å². The number of H-pyrrole nitrogens is 1. The van der Waals surface area contributed by atoms with Crippen LogP contribution in [0.1, 0.15) is 38.8 Å². The Balaban J connectivity index is 2.38. The molecule has 0 unspecified atom stereocenters. The maximum Gasteiger partial charge on any atom is 0.0458 e. The van der Waals surface area contributed by atoms with Gasteiger partial charge in [0.2, 0.25) is 0 Å². The van der Waals surface area contributed by atoms with Gasteiger partial charge in [-0.25, -0.2) is 0 Å². The lowest BCUT2D eigenvalue weighted by Crippen LogP contribution is -1.82. The maximum absolute atomic E-state index is 3.49. The number of hydrogen-bond donors (Lipinski definition) is 1. The van der Waals surface area contributed by atoms with Crippen molar-refractivity contribution in [3.63, 3.8) is 0 Å². The Morgan fingerprint density at radius 1 is 1.25 bits per heavy atom. The van der Waals surface area contributed by atoms with Crippen LogP contribution in [0.25, 0.3) is 16.5 Å². The summed E-state index contributed by atoms with van der Waals surface area (Å²) < 4.78 is 0. The number of unbranched alkanes of at least 4 members (excludes halogenated alkanes) is 1. The third-order valence-corrected chi connectivity index (χ3v) is 2.94. The molecule has 2 rings (SSSR count). The minimum atomic E-state index is 1.09. The summed E-state index contributed by atoms with van der Waals surface area (Å²) in [6.07, 6.45) is 5.82. The van der Waals surface area contributed by atoms with Crippen LogP contribution in [0.5, 0.6) is 0 Å². The SMILES string of the molecule is CCC/C=C(\CC)c1cc2ccccc2[nH]1. The van der Waals surface area contributed by atoms with Crippen LogP contribution in [0.2, 0.25) is 0 Å². The summed E-state index contributed by atoms with van der Waals surface area (Å²) in [6, 6.07) is 10.7. The lowest BCUT2D eigenvalue weighted by atomic mass is 10.1. The Morgan fingerprint density at radius 3 is 2.75 bits per heavy atom. The lowest BCUT2D eigenvalue weighted by molar-refractivity contribution is 0.954. The Bertz CT molecular complexity index is 458. The molecule has 0 fully saturated rings. The fraction of sp³-hybridized carbons (Fsp3) is 0.333. The summed E-state index contributed by atoms with van der Waals surface area (Å²) in [5.74, 6) is 0. The molecule has 0 spiro atoms. The Morgan fingerprint density at radius 2 is 2.06 bits per heavy atom. The average molecular weight is 213 g/mol. The van der Waals surface area contributed by atoms with Gasteiger partial charge >= 0.3 is 0 Å². The van der Waals surface area contributed by atoms with Crippen molar-refractivity contribution in [3.05, 3.63) is 42.1 Å². The second-order valence-electron chi connectivity index (χ2n) is 4.14. The molecule has 1 aromatic carbocycles. The molecular formula is C15H19N. The predicted molar refractivity (Wildman–Crippen MR) is 71.5 cm³/mol. The van der Waals surface area contributed by atoms with Crippen LogP contribution in [0.4, 0.5) is 0 Å². The summed E-state index contributed by atoms with van der Waals surface area (Å²) >= 11 is 0. The molecule has 0 saturated carbocycles. The summed E-state index contributed by atoms with van der Waals surface area (Å²) in [4.78, 5) is 3.49. The highest BCUT2D eigenvalue weighted by molar-refractivity contribution is 5.84. The molecule has 0 aliphatic heterocycles. The van der Waals surface area contributed by atoms with E-state index in [4.69, 9.17) is 0 Å². The number of fused-ring (bicyclic) bond motifs is 1. The molecule has 0 bridgehead atoms. The van der Waals surface area contributed by atoms with Crippen molar-refractivity contribution in [1.82, 2.24) is 4.98 Å². The number of benzene rings is 1. The molecule has 0 aliphatic rings. The van der Waals surface area contributed by atoms with E-state index in [0.29, 0.717) is 0 Å². The van der Waals surface area contributed by atoms with E-state index in [1.807, 2.05) is 0 Å². The van der Waals surface area contributed by atoms with Crippen LogP contribution in [-0.4, -0.2) is 4.98 Å². The van der Waals surface area contributed by atoms with Gasteiger partial charge in [0.25, 0.3) is 0 Å². The Labute approximate surface area is 97.2 Å². The first-order valence-electron chi connectivity index (χ1n) is 6.12. The highest BCUT2D eigenvalue weighted by atomic mass is 14.7. The number of aromatic amines is 1. The van der Waals surface area contributed by atoms with E-state index in [0.717, 1.165) is 6.42 Å². The van der Waals surface area contributed by atoms with Crippen molar-refractivity contribution in [2.75, 3.05) is 0 Å². The zero-order chi connectivity index (χ0) is 11.4. The fourth-order valence-electron chi connectivity index (χ4n) is 2.01. The van der Waals surface area contributed by atoms with Crippen molar-refractivity contribution in [3.8, 4) is 0 Å². The molecule has 1 nitrogen and oxygen atoms in total. The maximum atomic E-state index is 3.49. The highest BCUT2D eigenvalue weighted by Crippen LogP contribution is 2.23. The summed E-state index contributed by atoms with van der Waals surface area (Å²) in [5, 5.41) is 1.30. The van der Waals surface area contributed by atoms with Gasteiger partial charge in [0, 0.05) is 11.2 Å². The first kappa shape index (κ1) is 11.0. The zero-order valence-corrected chi connectivity index (χ0v) is 10.1. The van der Waals surface area contributed by atoms with E-state index in [1.54, 1.807) is 0 Å². The Hall–Kier alpha value is -1.50. The molecule has 0 aliphatic carbocycles. The number of aromatic nitrogens is 1. The highest BCUT2D eigenvalue weighted by Gasteiger charge is 2.03. The van der Waals surface area contributed by atoms with Crippen LogP contribution in [0, 0.1) is 0 Å². The average Bonchev–Trinajstić information content (AvgIpc) is 2.73. The second-order valence-corrected chi connectivity index (χ2v) is 4.14. The zero-order valence-electron chi connectivity index (χ0n) is 10.1. The van der Waals surface area contributed by atoms with E-state index >= 15 is 0 Å². The van der Waals surface area contributed by atoms with Crippen LogP contribution in [0.15, 0.2) is 36.4 Å². The quantitative estimate of drug-likeness (QED) is 0.753. The van der Waals surface area contributed by atoms with E-state index in [9.17, 15) is 0 Å². The standard InChI is InChI=1S/C15H19N/c1-3-5-8-12(4-2)15-11-13-9-6-7-10-14(13)16-15/h6-11,16H,3-5H2,1-2H3/b12-8+. The van der Waals surface area contributed by atoms with Crippen molar-refractivity contribution >= 4 is 16.5 Å². The van der Waals surface area contributed by atoms with Crippen LogP contribution in [0.3, 0.4) is 0 Å². The van der Waals surface area contributed by atoms with Gasteiger partial charge in [-0.15, -0.1) is 0 Å². The van der Waals surface area contributed by atoms with Gasteiger partial charge in [0.15, 0.2) is 0 Å². The van der Waals surface area contributed by atoms with Crippen molar-refractivity contribution in [1.29, 1.82) is 0 Å². The molecule has 2 aromatic rings. The van der Waals surface area contributed by atoms with Crippen LogP contribution in [-0.2, 0) is 0 Å². The lowest BCUT2D eigenvalue weighted by Gasteiger charge is -2.00. The minimum Gasteiger partial charge on any atom is -0.355 e. The predicted octanol–water partition coefficient (Wildman–Crippen LogP) is 4.76. The number of rotatable bonds is 4. The molecule has 84 valence electrons. The third kappa shape index (κ3) is 2.19.